The molecule has 9 aromatic rings. The number of aryl methyl sites for hydroxylation is 1. The average molecular weight is 835 g/mol. The average Bonchev–Trinajstić information content (AvgIpc) is 4.11. The van der Waals surface area contributed by atoms with Crippen molar-refractivity contribution < 1.29 is 18.9 Å². The van der Waals surface area contributed by atoms with Gasteiger partial charge in [0.15, 0.2) is 0 Å². The van der Waals surface area contributed by atoms with Crippen LogP contribution in [0.2, 0.25) is 0 Å². The van der Waals surface area contributed by atoms with Gasteiger partial charge in [0.05, 0.1) is 42.5 Å². The van der Waals surface area contributed by atoms with E-state index < -0.39 is 0 Å². The highest BCUT2D eigenvalue weighted by Gasteiger charge is 2.35. The van der Waals surface area contributed by atoms with Crippen molar-refractivity contribution in [3.8, 4) is 45.3 Å². The van der Waals surface area contributed by atoms with E-state index in [-0.39, 0.29) is 11.8 Å². The first-order chi connectivity index (χ1) is 28.5. The van der Waals surface area contributed by atoms with Crippen LogP contribution in [-0.4, -0.2) is 28.4 Å². The first kappa shape index (κ1) is 36.2. The third-order valence-corrected chi connectivity index (χ3v) is 17.4. The van der Waals surface area contributed by atoms with Crippen LogP contribution in [0.25, 0.3) is 61.9 Å². The zero-order valence-corrected chi connectivity index (χ0v) is 36.4. The summed E-state index contributed by atoms with van der Waals surface area (Å²) in [6.45, 7) is 2.29. The summed E-state index contributed by atoms with van der Waals surface area (Å²) in [6.07, 6.45) is 6.29. The van der Waals surface area contributed by atoms with Gasteiger partial charge in [0, 0.05) is 52.0 Å². The van der Waals surface area contributed by atoms with Crippen LogP contribution in [-0.2, 0) is 6.42 Å². The third kappa shape index (κ3) is 5.48. The molecular formula is C50H42O4S4. The molecule has 11 rings (SSSR count). The second-order valence-electron chi connectivity index (χ2n) is 15.5. The molecule has 0 fully saturated rings. The van der Waals surface area contributed by atoms with Gasteiger partial charge < -0.3 is 18.9 Å². The predicted molar refractivity (Wildman–Crippen MR) is 248 cm³/mol. The molecule has 0 radical (unpaired) electrons. The zero-order valence-electron chi connectivity index (χ0n) is 33.1. The maximum Gasteiger partial charge on any atom is 0.119 e. The zero-order chi connectivity index (χ0) is 39.2. The molecule has 0 saturated heterocycles. The lowest BCUT2D eigenvalue weighted by Crippen LogP contribution is -1.96. The van der Waals surface area contributed by atoms with E-state index >= 15 is 0 Å². The summed E-state index contributed by atoms with van der Waals surface area (Å²) in [5.74, 6) is 3.72. The van der Waals surface area contributed by atoms with Crippen molar-refractivity contribution in [3.63, 3.8) is 0 Å². The molecule has 58 heavy (non-hydrogen) atoms. The molecule has 0 atom stereocenters. The van der Waals surface area contributed by atoms with Gasteiger partial charge in [-0.1, -0.05) is 50.5 Å². The van der Waals surface area contributed by atoms with E-state index in [2.05, 4.69) is 97.9 Å². The second kappa shape index (κ2) is 14.2. The molecule has 0 saturated carbocycles. The third-order valence-electron chi connectivity index (χ3n) is 12.3. The number of ether oxygens (including phenoxy) is 4. The lowest BCUT2D eigenvalue weighted by Gasteiger charge is -2.12. The smallest absolute Gasteiger partial charge is 0.119 e. The van der Waals surface area contributed by atoms with Crippen LogP contribution in [0.4, 0.5) is 0 Å². The van der Waals surface area contributed by atoms with Crippen molar-refractivity contribution in [2.75, 3.05) is 28.4 Å². The number of unbranched alkanes of at least 4 members (excludes halogenated alkanes) is 3. The van der Waals surface area contributed by atoms with Crippen molar-refractivity contribution in [2.45, 2.75) is 50.9 Å². The van der Waals surface area contributed by atoms with E-state index in [1.54, 1.807) is 28.4 Å². The standard InChI is InChI=1S/C50H42O4S4/c1-6-7-8-9-10-30-23-43-50(55-30)46-39-24-41(44-31-15-11-26(51-2)19-35(31)36-20-27(52-3)12-16-32(36)44)56-48(39)49-40(47(46)58-43)25-42(57-49)45-33-17-13-28(53-4)21-37(33)38-22-29(54-5)14-18-34(38)45/h11-25,44-45H,6-10H2,1-5H3. The highest BCUT2D eigenvalue weighted by Crippen LogP contribution is 2.58. The minimum Gasteiger partial charge on any atom is -0.497 e. The van der Waals surface area contributed by atoms with Gasteiger partial charge in [-0.2, -0.15) is 0 Å². The van der Waals surface area contributed by atoms with Crippen LogP contribution in [0.15, 0.2) is 91.0 Å². The molecule has 0 amide bonds. The van der Waals surface area contributed by atoms with Crippen LogP contribution in [0.5, 0.6) is 23.0 Å². The number of fused-ring (bicyclic) bond motifs is 14. The number of hydrogen-bond acceptors (Lipinski definition) is 8. The second-order valence-corrected chi connectivity index (χ2v) is 19.8. The van der Waals surface area contributed by atoms with Crippen molar-refractivity contribution in [3.05, 3.63) is 128 Å². The monoisotopic (exact) mass is 834 g/mol. The summed E-state index contributed by atoms with van der Waals surface area (Å²) in [5.41, 5.74) is 10.2. The van der Waals surface area contributed by atoms with E-state index in [0.717, 1.165) is 29.4 Å². The molecule has 5 aromatic carbocycles. The number of hydrogen-bond donors (Lipinski definition) is 0. The molecule has 0 N–H and O–H groups in total. The topological polar surface area (TPSA) is 36.9 Å². The van der Waals surface area contributed by atoms with E-state index in [1.165, 1.54) is 124 Å². The first-order valence-electron chi connectivity index (χ1n) is 20.1. The van der Waals surface area contributed by atoms with E-state index in [1.807, 2.05) is 45.3 Å². The first-order valence-corrected chi connectivity index (χ1v) is 23.3. The quantitative estimate of drug-likeness (QED) is 0.122. The Morgan fingerprint density at radius 3 is 1.38 bits per heavy atom. The number of thiophene rings is 4. The Kier molecular flexibility index (Phi) is 8.85. The van der Waals surface area contributed by atoms with Gasteiger partial charge in [0.2, 0.25) is 0 Å². The Bertz CT molecular complexity index is 2980. The van der Waals surface area contributed by atoms with Gasteiger partial charge in [0.25, 0.3) is 0 Å². The van der Waals surface area contributed by atoms with Gasteiger partial charge in [-0.3, -0.25) is 0 Å². The predicted octanol–water partition coefficient (Wildman–Crippen LogP) is 15.0. The molecule has 4 aromatic heterocycles. The van der Waals surface area contributed by atoms with Crippen LogP contribution in [0.3, 0.4) is 0 Å². The fraction of sp³-hybridized carbons (Fsp3) is 0.240. The number of rotatable bonds is 11. The Morgan fingerprint density at radius 2 is 0.914 bits per heavy atom. The van der Waals surface area contributed by atoms with Crippen LogP contribution in [0, 0.1) is 0 Å². The Hall–Kier alpha value is -4.86. The van der Waals surface area contributed by atoms with Gasteiger partial charge >= 0.3 is 0 Å². The molecule has 2 aliphatic carbocycles. The van der Waals surface area contributed by atoms with E-state index in [9.17, 15) is 0 Å². The van der Waals surface area contributed by atoms with Gasteiger partial charge in [0.1, 0.15) is 23.0 Å². The fourth-order valence-corrected chi connectivity index (χ4v) is 15.1. The minimum absolute atomic E-state index is 0.119. The highest BCUT2D eigenvalue weighted by molar-refractivity contribution is 7.35. The van der Waals surface area contributed by atoms with Crippen LogP contribution in [0.1, 0.15) is 81.3 Å². The molecule has 0 spiro atoms. The normalized spacial score (nSPS) is 13.5. The van der Waals surface area contributed by atoms with Crippen molar-refractivity contribution in [1.29, 1.82) is 0 Å². The number of benzene rings is 5. The molecule has 290 valence electrons. The van der Waals surface area contributed by atoms with Crippen molar-refractivity contribution in [2.24, 2.45) is 0 Å². The lowest BCUT2D eigenvalue weighted by atomic mass is 9.94. The van der Waals surface area contributed by atoms with Crippen LogP contribution >= 0.6 is 45.3 Å². The molecule has 4 heterocycles. The maximum atomic E-state index is 5.74. The molecule has 0 aliphatic heterocycles. The number of methoxy groups -OCH3 is 4. The Morgan fingerprint density at radius 1 is 0.448 bits per heavy atom. The molecule has 0 bridgehead atoms. The molecule has 8 heteroatoms. The lowest BCUT2D eigenvalue weighted by molar-refractivity contribution is 0.414. The summed E-state index contributed by atoms with van der Waals surface area (Å²) >= 11 is 7.99. The summed E-state index contributed by atoms with van der Waals surface area (Å²) in [5, 5.41) is 4.21. The van der Waals surface area contributed by atoms with Crippen molar-refractivity contribution in [1.82, 2.24) is 0 Å². The van der Waals surface area contributed by atoms with Gasteiger partial charge in [-0.05, 0) is 124 Å². The summed E-state index contributed by atoms with van der Waals surface area (Å²) in [7, 11) is 6.99. The molecule has 2 aliphatic rings. The van der Waals surface area contributed by atoms with Crippen LogP contribution < -0.4 is 18.9 Å². The van der Waals surface area contributed by atoms with E-state index in [0.29, 0.717) is 0 Å². The SMILES string of the molecule is CCCCCCc1cc2sc3c4cc(C5c6ccc(OC)cc6-c6cc(OC)ccc65)sc4c4sc(C5c6ccc(OC)cc6-c6cc(OC)ccc65)cc4c3c2s1. The molecule has 0 unspecified atom stereocenters. The summed E-state index contributed by atoms with van der Waals surface area (Å²) in [6, 6.07) is 33.9. The molecular weight excluding hydrogens is 793 g/mol. The fourth-order valence-electron chi connectivity index (χ4n) is 9.55. The minimum atomic E-state index is 0.119. The van der Waals surface area contributed by atoms with Gasteiger partial charge in [-0.15, -0.1) is 45.3 Å². The van der Waals surface area contributed by atoms with Crippen molar-refractivity contribution >= 4 is 85.0 Å². The summed E-state index contributed by atoms with van der Waals surface area (Å²) in [4.78, 5) is 4.26. The highest BCUT2D eigenvalue weighted by atomic mass is 32.1. The Balaban J connectivity index is 1.15. The molecule has 4 nitrogen and oxygen atoms in total. The Labute approximate surface area is 354 Å². The van der Waals surface area contributed by atoms with Gasteiger partial charge in [-0.25, -0.2) is 0 Å². The van der Waals surface area contributed by atoms with E-state index in [4.69, 9.17) is 18.9 Å². The maximum absolute atomic E-state index is 5.74. The summed E-state index contributed by atoms with van der Waals surface area (Å²) < 4.78 is 30.0. The largest absolute Gasteiger partial charge is 0.497 e.